The Labute approximate surface area is 162 Å². The highest BCUT2D eigenvalue weighted by molar-refractivity contribution is 7.10. The van der Waals surface area contributed by atoms with Crippen molar-refractivity contribution in [1.29, 1.82) is 0 Å². The number of nitrogens with zero attached hydrogens (tertiary/aromatic N) is 4. The summed E-state index contributed by atoms with van der Waals surface area (Å²) in [5.74, 6) is -1.37. The van der Waals surface area contributed by atoms with E-state index in [9.17, 15) is 14.7 Å². The smallest absolute Gasteiger partial charge is 0.295 e. The number of ketones is 1. The summed E-state index contributed by atoms with van der Waals surface area (Å²) >= 11 is 1.47. The molecule has 144 valence electrons. The van der Waals surface area contributed by atoms with E-state index in [0.29, 0.717) is 24.3 Å². The number of hydrogen-bond donors (Lipinski definition) is 1. The molecule has 1 unspecified atom stereocenters. The van der Waals surface area contributed by atoms with Gasteiger partial charge in [0, 0.05) is 30.7 Å². The highest BCUT2D eigenvalue weighted by atomic mass is 32.1. The van der Waals surface area contributed by atoms with Crippen LogP contribution in [0.5, 0.6) is 0 Å². The van der Waals surface area contributed by atoms with Gasteiger partial charge in [-0.1, -0.05) is 6.07 Å². The average Bonchev–Trinajstić information content (AvgIpc) is 3.26. The van der Waals surface area contributed by atoms with E-state index in [0.717, 1.165) is 10.6 Å². The molecule has 1 N–H and O–H groups in total. The molecule has 3 rings (SSSR count). The minimum atomic E-state index is -0.646. The average molecular weight is 388 g/mol. The van der Waals surface area contributed by atoms with Crippen molar-refractivity contribution in [3.8, 4) is 0 Å². The van der Waals surface area contributed by atoms with Gasteiger partial charge >= 0.3 is 0 Å². The SMILES string of the molecule is Cc1nn(C)c(C)c1/C(O)=C1\C(=O)C(=O)N(CCN(C)C)C1c1cccs1. The minimum absolute atomic E-state index is 0.139. The molecule has 8 heteroatoms. The molecule has 0 spiro atoms. The number of amides is 1. The van der Waals surface area contributed by atoms with Crippen LogP contribution < -0.4 is 0 Å². The molecule has 0 saturated carbocycles. The highest BCUT2D eigenvalue weighted by Crippen LogP contribution is 2.41. The van der Waals surface area contributed by atoms with Crippen molar-refractivity contribution in [2.45, 2.75) is 19.9 Å². The van der Waals surface area contributed by atoms with Crippen LogP contribution in [0.15, 0.2) is 23.1 Å². The Hall–Kier alpha value is -2.45. The fourth-order valence-corrected chi connectivity index (χ4v) is 4.26. The molecule has 7 nitrogen and oxygen atoms in total. The van der Waals surface area contributed by atoms with Crippen molar-refractivity contribution in [1.82, 2.24) is 19.6 Å². The maximum atomic E-state index is 12.9. The van der Waals surface area contributed by atoms with Crippen LogP contribution in [-0.2, 0) is 16.6 Å². The lowest BCUT2D eigenvalue weighted by Gasteiger charge is -2.25. The summed E-state index contributed by atoms with van der Waals surface area (Å²) in [4.78, 5) is 30.0. The Morgan fingerprint density at radius 1 is 1.33 bits per heavy atom. The molecule has 2 aromatic rings. The third-order valence-electron chi connectivity index (χ3n) is 4.89. The second-order valence-electron chi connectivity index (χ2n) is 6.98. The van der Waals surface area contributed by atoms with Crippen molar-refractivity contribution < 1.29 is 14.7 Å². The first-order chi connectivity index (χ1) is 12.7. The fourth-order valence-electron chi connectivity index (χ4n) is 3.41. The number of aromatic nitrogens is 2. The molecule has 1 saturated heterocycles. The largest absolute Gasteiger partial charge is 0.507 e. The van der Waals surface area contributed by atoms with Crippen LogP contribution in [0, 0.1) is 13.8 Å². The van der Waals surface area contributed by atoms with Gasteiger partial charge in [0.2, 0.25) is 0 Å². The van der Waals surface area contributed by atoms with Gasteiger partial charge in [0.1, 0.15) is 5.76 Å². The van der Waals surface area contributed by atoms with Gasteiger partial charge < -0.3 is 14.9 Å². The van der Waals surface area contributed by atoms with E-state index >= 15 is 0 Å². The van der Waals surface area contributed by atoms with Crippen molar-refractivity contribution >= 4 is 28.8 Å². The Morgan fingerprint density at radius 2 is 2.04 bits per heavy atom. The number of likely N-dealkylation sites (tertiary alicyclic amines) is 1. The molecule has 1 aliphatic heterocycles. The molecular weight excluding hydrogens is 364 g/mol. The number of carbonyl (C=O) groups is 2. The van der Waals surface area contributed by atoms with Gasteiger partial charge in [0.25, 0.3) is 11.7 Å². The van der Waals surface area contributed by atoms with Gasteiger partial charge in [-0.3, -0.25) is 14.3 Å². The number of thiophene rings is 1. The summed E-state index contributed by atoms with van der Waals surface area (Å²) in [5, 5.41) is 17.3. The van der Waals surface area contributed by atoms with Crippen LogP contribution in [-0.4, -0.2) is 63.6 Å². The second kappa shape index (κ2) is 7.28. The summed E-state index contributed by atoms with van der Waals surface area (Å²) < 4.78 is 1.66. The third kappa shape index (κ3) is 3.30. The quantitative estimate of drug-likeness (QED) is 0.482. The lowest BCUT2D eigenvalue weighted by atomic mass is 9.99. The first-order valence-corrected chi connectivity index (χ1v) is 9.59. The maximum Gasteiger partial charge on any atom is 0.295 e. The van der Waals surface area contributed by atoms with Crippen molar-refractivity contribution in [3.05, 3.63) is 44.9 Å². The van der Waals surface area contributed by atoms with Crippen molar-refractivity contribution in [2.24, 2.45) is 7.05 Å². The van der Waals surface area contributed by atoms with Crippen LogP contribution in [0.4, 0.5) is 0 Å². The van der Waals surface area contributed by atoms with Crippen molar-refractivity contribution in [2.75, 3.05) is 27.2 Å². The predicted molar refractivity (Wildman–Crippen MR) is 105 cm³/mol. The molecule has 1 amide bonds. The summed E-state index contributed by atoms with van der Waals surface area (Å²) in [6.45, 7) is 4.64. The molecule has 27 heavy (non-hydrogen) atoms. The Kier molecular flexibility index (Phi) is 5.21. The zero-order chi connectivity index (χ0) is 19.9. The lowest BCUT2D eigenvalue weighted by molar-refractivity contribution is -0.140. The Bertz CT molecular complexity index is 912. The standard InChI is InChI=1S/C19H24N4O3S/c1-11-14(12(2)22(5)20-11)17(24)15-16(13-7-6-10-27-13)23(9-8-21(3)4)19(26)18(15)25/h6-7,10,16,24H,8-9H2,1-5H3/b17-15+. The molecule has 1 fully saturated rings. The number of aryl methyl sites for hydroxylation is 2. The first-order valence-electron chi connectivity index (χ1n) is 8.71. The van der Waals surface area contributed by atoms with Crippen LogP contribution in [0.1, 0.15) is 27.9 Å². The zero-order valence-corrected chi connectivity index (χ0v) is 17.0. The zero-order valence-electron chi connectivity index (χ0n) is 16.2. The van der Waals surface area contributed by atoms with E-state index in [-0.39, 0.29) is 11.3 Å². The van der Waals surface area contributed by atoms with Crippen LogP contribution in [0.2, 0.25) is 0 Å². The van der Waals surface area contributed by atoms with Gasteiger partial charge in [-0.05, 0) is 39.4 Å². The van der Waals surface area contributed by atoms with E-state index in [1.807, 2.05) is 43.4 Å². The highest BCUT2D eigenvalue weighted by Gasteiger charge is 2.46. The Balaban J connectivity index is 2.17. The molecule has 0 aromatic carbocycles. The molecule has 0 radical (unpaired) electrons. The minimum Gasteiger partial charge on any atom is -0.507 e. The number of aliphatic hydroxyl groups excluding tert-OH is 1. The van der Waals surface area contributed by atoms with E-state index in [1.54, 1.807) is 23.6 Å². The van der Waals surface area contributed by atoms with Crippen LogP contribution in [0.25, 0.3) is 5.76 Å². The molecular formula is C19H24N4O3S. The van der Waals surface area contributed by atoms with Crippen LogP contribution in [0.3, 0.4) is 0 Å². The number of hydrogen-bond acceptors (Lipinski definition) is 6. The normalized spacial score (nSPS) is 19.5. The van der Waals surface area contributed by atoms with Gasteiger partial charge in [0.05, 0.1) is 22.9 Å². The van der Waals surface area contributed by atoms with E-state index in [2.05, 4.69) is 5.10 Å². The van der Waals surface area contributed by atoms with Crippen molar-refractivity contribution in [3.63, 3.8) is 0 Å². The fraction of sp³-hybridized carbons (Fsp3) is 0.421. The summed E-state index contributed by atoms with van der Waals surface area (Å²) in [5.41, 5.74) is 2.02. The Morgan fingerprint density at radius 3 is 2.56 bits per heavy atom. The van der Waals surface area contributed by atoms with Crippen LogP contribution >= 0.6 is 11.3 Å². The number of likely N-dealkylation sites (N-methyl/N-ethyl adjacent to an activating group) is 1. The molecule has 2 aromatic heterocycles. The van der Waals surface area contributed by atoms with E-state index < -0.39 is 17.7 Å². The number of Topliss-reactive ketones (excluding diaryl/α,β-unsaturated/α-hetero) is 1. The molecule has 1 aliphatic rings. The van der Waals surface area contributed by atoms with Gasteiger partial charge in [-0.15, -0.1) is 11.3 Å². The molecule has 0 bridgehead atoms. The topological polar surface area (TPSA) is 78.7 Å². The second-order valence-corrected chi connectivity index (χ2v) is 7.96. The first kappa shape index (κ1) is 19.3. The van der Waals surface area contributed by atoms with Gasteiger partial charge in [-0.2, -0.15) is 5.10 Å². The lowest BCUT2D eigenvalue weighted by Crippen LogP contribution is -2.35. The number of aliphatic hydroxyl groups is 1. The molecule has 1 atom stereocenters. The van der Waals surface area contributed by atoms with Gasteiger partial charge in [-0.25, -0.2) is 0 Å². The maximum absolute atomic E-state index is 12.9. The number of rotatable bonds is 5. The predicted octanol–water partition coefficient (Wildman–Crippen LogP) is 2.08. The number of carbonyl (C=O) groups excluding carboxylic acids is 2. The van der Waals surface area contributed by atoms with E-state index in [1.165, 1.54) is 11.3 Å². The summed E-state index contributed by atoms with van der Waals surface area (Å²) in [6.07, 6.45) is 0. The third-order valence-corrected chi connectivity index (χ3v) is 5.81. The summed E-state index contributed by atoms with van der Waals surface area (Å²) in [6, 6.07) is 3.19. The molecule has 3 heterocycles. The monoisotopic (exact) mass is 388 g/mol. The van der Waals surface area contributed by atoms with E-state index in [4.69, 9.17) is 0 Å². The summed E-state index contributed by atoms with van der Waals surface area (Å²) in [7, 11) is 5.61. The van der Waals surface area contributed by atoms with Gasteiger partial charge in [0.15, 0.2) is 0 Å². The molecule has 0 aliphatic carbocycles.